The van der Waals surface area contributed by atoms with Crippen molar-refractivity contribution in [1.29, 1.82) is 5.26 Å². The molecule has 3 heterocycles. The number of nitriles is 1. The topological polar surface area (TPSA) is 117 Å². The molecule has 0 bridgehead atoms. The molecule has 11 heteroatoms. The summed E-state index contributed by atoms with van der Waals surface area (Å²) in [6.07, 6.45) is 3.63. The lowest BCUT2D eigenvalue weighted by Crippen LogP contribution is -2.50. The molecule has 200 valence electrons. The highest BCUT2D eigenvalue weighted by Gasteiger charge is 2.29. The van der Waals surface area contributed by atoms with Crippen molar-refractivity contribution in [3.8, 4) is 23.2 Å². The first-order valence-corrected chi connectivity index (χ1v) is 14.0. The Balaban J connectivity index is 0.00000380. The minimum Gasteiger partial charge on any atom is -0.494 e. The van der Waals surface area contributed by atoms with Crippen molar-refractivity contribution >= 4 is 33.3 Å². The van der Waals surface area contributed by atoms with Crippen molar-refractivity contribution in [3.63, 3.8) is 0 Å². The fourth-order valence-electron chi connectivity index (χ4n) is 4.79. The maximum Gasteiger partial charge on any atom is 0.244 e. The second-order valence-electron chi connectivity index (χ2n) is 9.19. The molecule has 1 aliphatic rings. The predicted molar refractivity (Wildman–Crippen MR) is 147 cm³/mol. The van der Waals surface area contributed by atoms with Crippen LogP contribution in [0.15, 0.2) is 41.4 Å². The summed E-state index contributed by atoms with van der Waals surface area (Å²) in [5.41, 5.74) is 2.03. The van der Waals surface area contributed by atoms with Gasteiger partial charge in [0.05, 0.1) is 28.4 Å². The Hall–Kier alpha value is -2.68. The number of pyridine rings is 1. The van der Waals surface area contributed by atoms with Crippen LogP contribution in [-0.2, 0) is 10.0 Å². The molecule has 0 radical (unpaired) electrons. The fraction of sp³-hybridized carbons (Fsp3) is 0.462. The first-order valence-electron chi connectivity index (χ1n) is 12.5. The number of piperazine rings is 1. The van der Waals surface area contributed by atoms with Gasteiger partial charge in [0.2, 0.25) is 10.0 Å². The normalized spacial score (nSPS) is 15.1. The molecule has 0 atom stereocenters. The van der Waals surface area contributed by atoms with Gasteiger partial charge in [-0.15, -0.1) is 12.4 Å². The van der Waals surface area contributed by atoms with Crippen molar-refractivity contribution in [2.75, 3.05) is 52.4 Å². The lowest BCUT2D eigenvalue weighted by Gasteiger charge is -2.35. The first-order chi connectivity index (χ1) is 17.4. The molecule has 4 rings (SSSR count). The Bertz CT molecular complexity index is 1320. The van der Waals surface area contributed by atoms with Gasteiger partial charge in [-0.1, -0.05) is 19.9 Å². The minimum atomic E-state index is -3.65. The minimum absolute atomic E-state index is 0. The summed E-state index contributed by atoms with van der Waals surface area (Å²) in [5, 5.41) is 20.2. The van der Waals surface area contributed by atoms with Crippen molar-refractivity contribution in [2.45, 2.75) is 31.6 Å². The van der Waals surface area contributed by atoms with Gasteiger partial charge < -0.3 is 15.0 Å². The van der Waals surface area contributed by atoms with Crippen LogP contribution in [-0.4, -0.2) is 90.0 Å². The zero-order valence-electron chi connectivity index (χ0n) is 21.4. The number of hydrogen-bond donors (Lipinski definition) is 2. The number of aromatic nitrogens is 2. The van der Waals surface area contributed by atoms with Gasteiger partial charge in [-0.3, -0.25) is 9.88 Å². The number of H-pyrrole nitrogens is 1. The van der Waals surface area contributed by atoms with Crippen LogP contribution in [0.3, 0.4) is 0 Å². The molecule has 37 heavy (non-hydrogen) atoms. The van der Waals surface area contributed by atoms with E-state index in [1.54, 1.807) is 30.3 Å². The Morgan fingerprint density at radius 2 is 1.78 bits per heavy atom. The van der Waals surface area contributed by atoms with E-state index in [4.69, 9.17) is 5.26 Å². The fourth-order valence-corrected chi connectivity index (χ4v) is 6.15. The third-order valence-electron chi connectivity index (χ3n) is 6.68. The monoisotopic (exact) mass is 546 g/mol. The van der Waals surface area contributed by atoms with Gasteiger partial charge in [-0.25, -0.2) is 8.42 Å². The molecule has 2 aromatic heterocycles. The van der Waals surface area contributed by atoms with E-state index in [2.05, 4.69) is 39.7 Å². The van der Waals surface area contributed by atoms with Crippen LogP contribution in [0.1, 0.15) is 32.3 Å². The number of fused-ring (bicyclic) bond motifs is 1. The summed E-state index contributed by atoms with van der Waals surface area (Å²) >= 11 is 0. The average Bonchev–Trinajstić information content (AvgIpc) is 3.22. The van der Waals surface area contributed by atoms with Crippen molar-refractivity contribution in [3.05, 3.63) is 42.1 Å². The molecule has 1 fully saturated rings. The molecule has 0 amide bonds. The van der Waals surface area contributed by atoms with Crippen LogP contribution >= 0.6 is 12.4 Å². The summed E-state index contributed by atoms with van der Waals surface area (Å²) in [6, 6.07) is 10.3. The molecular formula is C26H35ClN6O3S. The van der Waals surface area contributed by atoms with Crippen LogP contribution < -0.4 is 0 Å². The third-order valence-corrected chi connectivity index (χ3v) is 8.56. The van der Waals surface area contributed by atoms with Gasteiger partial charge in [-0.05, 0) is 50.2 Å². The number of sulfonamides is 1. The number of aromatic hydroxyl groups is 1. The highest BCUT2D eigenvalue weighted by molar-refractivity contribution is 7.89. The van der Waals surface area contributed by atoms with Gasteiger partial charge in [-0.2, -0.15) is 9.57 Å². The van der Waals surface area contributed by atoms with Gasteiger partial charge in [0.15, 0.2) is 5.88 Å². The molecule has 0 spiro atoms. The number of rotatable bonds is 10. The average molecular weight is 547 g/mol. The van der Waals surface area contributed by atoms with Crippen LogP contribution in [0, 0.1) is 11.3 Å². The molecule has 9 nitrogen and oxygen atoms in total. The zero-order valence-corrected chi connectivity index (χ0v) is 23.0. The number of nitrogens with one attached hydrogen (secondary N) is 1. The number of aromatic amines is 1. The van der Waals surface area contributed by atoms with E-state index in [0.29, 0.717) is 53.9 Å². The second-order valence-corrected chi connectivity index (χ2v) is 11.1. The molecule has 0 saturated carbocycles. The molecular weight excluding hydrogens is 512 g/mol. The van der Waals surface area contributed by atoms with Gasteiger partial charge in [0.25, 0.3) is 0 Å². The van der Waals surface area contributed by atoms with E-state index < -0.39 is 10.0 Å². The molecule has 3 aromatic rings. The van der Waals surface area contributed by atoms with Crippen LogP contribution in [0.2, 0.25) is 0 Å². The van der Waals surface area contributed by atoms with E-state index in [-0.39, 0.29) is 23.2 Å². The lowest BCUT2D eigenvalue weighted by atomic mass is 10.1. The van der Waals surface area contributed by atoms with E-state index in [0.717, 1.165) is 39.0 Å². The Morgan fingerprint density at radius 1 is 1.08 bits per heavy atom. The van der Waals surface area contributed by atoms with Crippen molar-refractivity contribution in [1.82, 2.24) is 24.1 Å². The molecule has 1 aromatic carbocycles. The number of benzene rings is 1. The molecule has 1 saturated heterocycles. The highest BCUT2D eigenvalue weighted by atomic mass is 35.5. The van der Waals surface area contributed by atoms with E-state index >= 15 is 0 Å². The third kappa shape index (κ3) is 6.43. The van der Waals surface area contributed by atoms with Crippen molar-refractivity contribution in [2.24, 2.45) is 0 Å². The van der Waals surface area contributed by atoms with Gasteiger partial charge in [0, 0.05) is 50.9 Å². The summed E-state index contributed by atoms with van der Waals surface area (Å²) in [6.45, 7) is 10.9. The molecule has 0 unspecified atom stereocenters. The van der Waals surface area contributed by atoms with E-state index in [1.807, 2.05) is 0 Å². The lowest BCUT2D eigenvalue weighted by molar-refractivity contribution is 0.159. The maximum atomic E-state index is 13.3. The first kappa shape index (κ1) is 28.9. The van der Waals surface area contributed by atoms with Crippen LogP contribution in [0.25, 0.3) is 22.2 Å². The van der Waals surface area contributed by atoms with Crippen LogP contribution in [0.5, 0.6) is 5.88 Å². The maximum absolute atomic E-state index is 13.3. The zero-order chi connectivity index (χ0) is 25.7. The molecule has 2 N–H and O–H groups in total. The van der Waals surface area contributed by atoms with Gasteiger partial charge >= 0.3 is 0 Å². The summed E-state index contributed by atoms with van der Waals surface area (Å²) < 4.78 is 28.0. The Kier molecular flexibility index (Phi) is 9.93. The number of halogens is 1. The van der Waals surface area contributed by atoms with Gasteiger partial charge in [0.1, 0.15) is 4.90 Å². The summed E-state index contributed by atoms with van der Waals surface area (Å²) in [5.74, 6) is -0.0734. The number of nitrogens with zero attached hydrogens (tertiary/aromatic N) is 5. The SMILES string of the molecule is CCCN(CCC)CCN1CCN(S(=O)(=O)c2ccc(-c3c(O)[nH]c4cc(C#N)ccc34)nc2)CC1.Cl. The second kappa shape index (κ2) is 12.7. The largest absolute Gasteiger partial charge is 0.494 e. The summed E-state index contributed by atoms with van der Waals surface area (Å²) in [7, 11) is -3.65. The quantitative estimate of drug-likeness (QED) is 0.398. The molecule has 0 aliphatic carbocycles. The number of hydrogen-bond acceptors (Lipinski definition) is 7. The predicted octanol–water partition coefficient (Wildman–Crippen LogP) is 3.66. The van der Waals surface area contributed by atoms with Crippen molar-refractivity contribution < 1.29 is 13.5 Å². The van der Waals surface area contributed by atoms with E-state index in [1.165, 1.54) is 10.5 Å². The van der Waals surface area contributed by atoms with E-state index in [9.17, 15) is 13.5 Å². The summed E-state index contributed by atoms with van der Waals surface area (Å²) in [4.78, 5) is 12.2. The standard InChI is InChI=1S/C26H34N6O3S.ClH/c1-3-9-30(10-4-2)11-12-31-13-15-32(16-14-31)36(34,35)21-6-8-23(28-19-21)25-22-7-5-20(18-27)17-24(22)29-26(25)33;/h5-8,17,19,29,33H,3-4,9-16H2,1-2H3;1H. The van der Waals surface area contributed by atoms with Crippen LogP contribution in [0.4, 0.5) is 0 Å². The smallest absolute Gasteiger partial charge is 0.244 e. The molecule has 1 aliphatic heterocycles. The highest BCUT2D eigenvalue weighted by Crippen LogP contribution is 2.36. The Labute approximate surface area is 225 Å². The Morgan fingerprint density at radius 3 is 2.38 bits per heavy atom.